The first-order valence-electron chi connectivity index (χ1n) is 13.4. The normalized spacial score (nSPS) is 11.0. The van der Waals surface area contributed by atoms with Crippen LogP contribution in [0, 0.1) is 17.7 Å². The minimum absolute atomic E-state index is 0.0905. The SMILES string of the molecule is CCCCCCN(c1ccc(F)c(C(=O)OC)c1)S(=O)(=O)c1ccc(C#Cc2ccc(CCCC)cc2)cc1. The van der Waals surface area contributed by atoms with Gasteiger partial charge in [-0.2, -0.15) is 0 Å². The average molecular weight is 550 g/mol. The molecule has 0 bridgehead atoms. The largest absolute Gasteiger partial charge is 0.465 e. The number of nitrogens with zero attached hydrogens (tertiary/aromatic N) is 1. The number of carbonyl (C=O) groups is 1. The molecule has 0 spiro atoms. The van der Waals surface area contributed by atoms with Gasteiger partial charge in [0.1, 0.15) is 5.82 Å². The Kier molecular flexibility index (Phi) is 11.1. The van der Waals surface area contributed by atoms with E-state index >= 15 is 0 Å². The second-order valence-corrected chi connectivity index (χ2v) is 11.2. The van der Waals surface area contributed by atoms with Crippen molar-refractivity contribution >= 4 is 21.7 Å². The molecular weight excluding hydrogens is 513 g/mol. The van der Waals surface area contributed by atoms with Gasteiger partial charge in [-0.1, -0.05) is 63.5 Å². The van der Waals surface area contributed by atoms with E-state index in [0.717, 1.165) is 57.3 Å². The molecule has 0 saturated carbocycles. The van der Waals surface area contributed by atoms with Crippen LogP contribution in [0.3, 0.4) is 0 Å². The molecule has 206 valence electrons. The lowest BCUT2D eigenvalue weighted by Gasteiger charge is -2.25. The van der Waals surface area contributed by atoms with E-state index in [9.17, 15) is 17.6 Å². The lowest BCUT2D eigenvalue weighted by atomic mass is 10.1. The first-order chi connectivity index (χ1) is 18.8. The van der Waals surface area contributed by atoms with E-state index in [1.807, 2.05) is 12.1 Å². The maximum Gasteiger partial charge on any atom is 0.340 e. The minimum Gasteiger partial charge on any atom is -0.465 e. The third-order valence-corrected chi connectivity index (χ3v) is 8.27. The molecule has 0 atom stereocenters. The summed E-state index contributed by atoms with van der Waals surface area (Å²) in [4.78, 5) is 12.1. The molecule has 5 nitrogen and oxygen atoms in total. The van der Waals surface area contributed by atoms with Crippen LogP contribution in [0.1, 0.15) is 79.4 Å². The zero-order valence-corrected chi connectivity index (χ0v) is 23.7. The molecule has 0 aliphatic rings. The van der Waals surface area contributed by atoms with Crippen molar-refractivity contribution < 1.29 is 22.3 Å². The Balaban J connectivity index is 1.86. The first-order valence-corrected chi connectivity index (χ1v) is 14.9. The highest BCUT2D eigenvalue weighted by atomic mass is 32.2. The van der Waals surface area contributed by atoms with Gasteiger partial charge < -0.3 is 4.74 Å². The number of hydrogen-bond donors (Lipinski definition) is 0. The highest BCUT2D eigenvalue weighted by Crippen LogP contribution is 2.27. The van der Waals surface area contributed by atoms with Crippen molar-refractivity contribution in [2.75, 3.05) is 18.0 Å². The number of hydrogen-bond acceptors (Lipinski definition) is 4. The number of carbonyl (C=O) groups excluding carboxylic acids is 1. The van der Waals surface area contributed by atoms with Crippen LogP contribution in [-0.4, -0.2) is 28.0 Å². The van der Waals surface area contributed by atoms with Gasteiger partial charge in [0.25, 0.3) is 10.0 Å². The van der Waals surface area contributed by atoms with Crippen LogP contribution in [-0.2, 0) is 21.2 Å². The lowest BCUT2D eigenvalue weighted by Crippen LogP contribution is -2.32. The molecule has 3 aromatic rings. The zero-order valence-electron chi connectivity index (χ0n) is 22.9. The van der Waals surface area contributed by atoms with Gasteiger partial charge in [0.2, 0.25) is 0 Å². The van der Waals surface area contributed by atoms with Crippen molar-refractivity contribution in [1.29, 1.82) is 0 Å². The number of anilines is 1. The van der Waals surface area contributed by atoms with Crippen LogP contribution < -0.4 is 4.31 Å². The Labute approximate surface area is 232 Å². The quantitative estimate of drug-likeness (QED) is 0.137. The van der Waals surface area contributed by atoms with Gasteiger partial charge >= 0.3 is 5.97 Å². The molecule has 0 heterocycles. The van der Waals surface area contributed by atoms with Gasteiger partial charge in [0.05, 0.1) is 23.3 Å². The molecule has 7 heteroatoms. The summed E-state index contributed by atoms with van der Waals surface area (Å²) in [6.07, 6.45) is 6.81. The van der Waals surface area contributed by atoms with Gasteiger partial charge in [0, 0.05) is 17.7 Å². The van der Waals surface area contributed by atoms with Gasteiger partial charge in [0.15, 0.2) is 0 Å². The fourth-order valence-electron chi connectivity index (χ4n) is 4.12. The number of halogens is 1. The summed E-state index contributed by atoms with van der Waals surface area (Å²) in [5.41, 5.74) is 2.76. The zero-order chi connectivity index (χ0) is 28.3. The molecule has 3 aromatic carbocycles. The lowest BCUT2D eigenvalue weighted by molar-refractivity contribution is 0.0595. The molecule has 0 fully saturated rings. The molecule has 0 N–H and O–H groups in total. The summed E-state index contributed by atoms with van der Waals surface area (Å²) in [7, 11) is -2.84. The summed E-state index contributed by atoms with van der Waals surface area (Å²) in [6, 6.07) is 18.3. The van der Waals surface area contributed by atoms with E-state index in [0.29, 0.717) is 12.0 Å². The van der Waals surface area contributed by atoms with Gasteiger partial charge in [-0.3, -0.25) is 4.31 Å². The summed E-state index contributed by atoms with van der Waals surface area (Å²) in [5, 5.41) is 0. The highest BCUT2D eigenvalue weighted by Gasteiger charge is 2.26. The van der Waals surface area contributed by atoms with Gasteiger partial charge in [-0.25, -0.2) is 17.6 Å². The molecule has 39 heavy (non-hydrogen) atoms. The number of rotatable bonds is 12. The second kappa shape index (κ2) is 14.5. The first kappa shape index (κ1) is 29.9. The molecule has 0 saturated heterocycles. The smallest absolute Gasteiger partial charge is 0.340 e. The van der Waals surface area contributed by atoms with E-state index in [-0.39, 0.29) is 22.7 Å². The third-order valence-electron chi connectivity index (χ3n) is 6.42. The van der Waals surface area contributed by atoms with E-state index in [2.05, 4.69) is 42.6 Å². The number of sulfonamides is 1. The Morgan fingerprint density at radius 3 is 2.05 bits per heavy atom. The maximum atomic E-state index is 14.3. The summed E-state index contributed by atoms with van der Waals surface area (Å²) >= 11 is 0. The molecule has 3 rings (SSSR count). The van der Waals surface area contributed by atoms with Crippen LogP contribution in [0.2, 0.25) is 0 Å². The molecule has 0 amide bonds. The van der Waals surface area contributed by atoms with Crippen LogP contribution in [0.4, 0.5) is 10.1 Å². The van der Waals surface area contributed by atoms with Gasteiger partial charge in [-0.15, -0.1) is 0 Å². The van der Waals surface area contributed by atoms with E-state index in [1.54, 1.807) is 12.1 Å². The predicted molar refractivity (Wildman–Crippen MR) is 154 cm³/mol. The molecule has 0 aliphatic carbocycles. The number of methoxy groups -OCH3 is 1. The Morgan fingerprint density at radius 1 is 0.846 bits per heavy atom. The second-order valence-electron chi connectivity index (χ2n) is 9.37. The van der Waals surface area contributed by atoms with Crippen LogP contribution in [0.15, 0.2) is 71.6 Å². The summed E-state index contributed by atoms with van der Waals surface area (Å²) in [6.45, 7) is 4.44. The van der Waals surface area contributed by atoms with Crippen LogP contribution in [0.5, 0.6) is 0 Å². The van der Waals surface area contributed by atoms with Gasteiger partial charge in [-0.05, 0) is 79.4 Å². The van der Waals surface area contributed by atoms with E-state index in [1.165, 1.54) is 34.1 Å². The molecule has 0 aliphatic heterocycles. The van der Waals surface area contributed by atoms with Crippen molar-refractivity contribution in [2.24, 2.45) is 0 Å². The molecular formula is C32H36FNO4S. The van der Waals surface area contributed by atoms with Crippen LogP contribution >= 0.6 is 0 Å². The van der Waals surface area contributed by atoms with Crippen molar-refractivity contribution in [2.45, 2.75) is 63.7 Å². The molecule has 0 unspecified atom stereocenters. The Bertz CT molecular complexity index is 1410. The average Bonchev–Trinajstić information content (AvgIpc) is 2.95. The standard InChI is InChI=1S/C32H36FNO4S/c1-4-6-8-9-23-34(28-19-22-31(33)30(24-28)32(35)38-3)39(36,37)29-20-17-27(18-21-29)16-15-26-13-11-25(12-14-26)10-7-5-2/h11-14,17-22,24H,4-10,23H2,1-3H3. The van der Waals surface area contributed by atoms with Crippen LogP contribution in [0.25, 0.3) is 0 Å². The maximum absolute atomic E-state index is 14.3. The highest BCUT2D eigenvalue weighted by molar-refractivity contribution is 7.92. The van der Waals surface area contributed by atoms with Crippen molar-refractivity contribution in [3.05, 3.63) is 94.8 Å². The molecule has 0 aromatic heterocycles. The van der Waals surface area contributed by atoms with Crippen molar-refractivity contribution in [1.82, 2.24) is 0 Å². The van der Waals surface area contributed by atoms with Crippen molar-refractivity contribution in [3.8, 4) is 11.8 Å². The van der Waals surface area contributed by atoms with E-state index in [4.69, 9.17) is 0 Å². The fraction of sp³-hybridized carbons (Fsp3) is 0.344. The summed E-state index contributed by atoms with van der Waals surface area (Å²) < 4.78 is 47.6. The molecule has 0 radical (unpaired) electrons. The predicted octanol–water partition coefficient (Wildman–Crippen LogP) is 7.13. The Morgan fingerprint density at radius 2 is 1.46 bits per heavy atom. The number of esters is 1. The minimum atomic E-state index is -3.99. The summed E-state index contributed by atoms with van der Waals surface area (Å²) in [5.74, 6) is 4.59. The number of benzene rings is 3. The number of unbranched alkanes of at least 4 members (excludes halogenated alkanes) is 4. The fourth-order valence-corrected chi connectivity index (χ4v) is 5.62. The van der Waals surface area contributed by atoms with E-state index < -0.39 is 21.8 Å². The Hall–Kier alpha value is -3.63. The van der Waals surface area contributed by atoms with Crippen molar-refractivity contribution in [3.63, 3.8) is 0 Å². The number of ether oxygens (including phenoxy) is 1. The monoisotopic (exact) mass is 549 g/mol. The topological polar surface area (TPSA) is 63.7 Å². The number of aryl methyl sites for hydroxylation is 1. The third kappa shape index (κ3) is 8.18.